The normalized spacial score (nSPS) is 16.6. The number of carbonyl (C=O) groups is 1. The van der Waals surface area contributed by atoms with E-state index in [1.807, 2.05) is 60.7 Å². The minimum Gasteiger partial charge on any atom is -0.385 e. The standard InChI is InChI=1S/C38H38F6N2O3/c1-45(35(47)29-13-7-3-8-14-29)24-33(28-11-5-2-6-12-28)34(25-46-19-17-36(48,18-20-46)30-15-9-4-10-16-30)49-26-27-21-31(37(39,40)41)23-32(22-27)38(42,43)44/h2-16,21-23,33-34,48H,17-20,24-26H2,1H3. The lowest BCUT2D eigenvalue weighted by Gasteiger charge is -2.41. The average molecular weight is 685 g/mol. The van der Waals surface area contributed by atoms with Crippen LogP contribution in [0.5, 0.6) is 0 Å². The van der Waals surface area contributed by atoms with Crippen LogP contribution in [0.1, 0.15) is 56.9 Å². The molecule has 0 radical (unpaired) electrons. The molecule has 1 aliphatic rings. The van der Waals surface area contributed by atoms with Crippen molar-refractivity contribution in [1.82, 2.24) is 9.80 Å². The molecule has 4 aromatic carbocycles. The number of likely N-dealkylation sites (N-methyl/N-ethyl adjacent to an activating group) is 1. The molecule has 0 saturated carbocycles. The number of carbonyl (C=O) groups excluding carboxylic acids is 1. The Hall–Kier alpha value is -4.19. The van der Waals surface area contributed by atoms with Gasteiger partial charge in [-0.1, -0.05) is 78.9 Å². The number of hydrogen-bond donors (Lipinski definition) is 1. The number of rotatable bonds is 11. The molecule has 1 amide bonds. The quantitative estimate of drug-likeness (QED) is 0.162. The topological polar surface area (TPSA) is 53.0 Å². The molecule has 1 fully saturated rings. The summed E-state index contributed by atoms with van der Waals surface area (Å²) in [6.07, 6.45) is -9.93. The molecule has 2 unspecified atom stereocenters. The van der Waals surface area contributed by atoms with Crippen molar-refractivity contribution in [2.24, 2.45) is 0 Å². The van der Waals surface area contributed by atoms with Crippen molar-refractivity contribution in [3.05, 3.63) is 143 Å². The second-order valence-electron chi connectivity index (χ2n) is 12.5. The number of alkyl halides is 6. The molecule has 5 rings (SSSR count). The van der Waals surface area contributed by atoms with Gasteiger partial charge in [-0.05, 0) is 59.9 Å². The minimum atomic E-state index is -4.99. The van der Waals surface area contributed by atoms with Crippen molar-refractivity contribution in [2.75, 3.05) is 33.2 Å². The smallest absolute Gasteiger partial charge is 0.385 e. The maximum Gasteiger partial charge on any atom is 0.416 e. The highest BCUT2D eigenvalue weighted by Gasteiger charge is 2.38. The van der Waals surface area contributed by atoms with Gasteiger partial charge in [0.25, 0.3) is 5.91 Å². The molecular formula is C38H38F6N2O3. The van der Waals surface area contributed by atoms with Crippen LogP contribution < -0.4 is 0 Å². The fourth-order valence-corrected chi connectivity index (χ4v) is 6.32. The van der Waals surface area contributed by atoms with E-state index >= 15 is 0 Å². The van der Waals surface area contributed by atoms with Gasteiger partial charge in [-0.2, -0.15) is 26.3 Å². The molecule has 0 spiro atoms. The number of halogens is 6. The molecule has 1 aliphatic heterocycles. The Balaban J connectivity index is 1.45. The monoisotopic (exact) mass is 684 g/mol. The van der Waals surface area contributed by atoms with Gasteiger partial charge in [0, 0.05) is 44.7 Å². The molecule has 1 N–H and O–H groups in total. The van der Waals surface area contributed by atoms with E-state index in [0.29, 0.717) is 43.6 Å². The summed E-state index contributed by atoms with van der Waals surface area (Å²) in [5.41, 5.74) is -2.09. The van der Waals surface area contributed by atoms with Gasteiger partial charge >= 0.3 is 12.4 Å². The van der Waals surface area contributed by atoms with Crippen molar-refractivity contribution in [2.45, 2.75) is 49.4 Å². The van der Waals surface area contributed by atoms with Gasteiger partial charge in [0.1, 0.15) is 0 Å². The number of nitrogens with zero attached hydrogens (tertiary/aromatic N) is 2. The lowest BCUT2D eigenvalue weighted by Crippen LogP contribution is -2.48. The first-order chi connectivity index (χ1) is 23.2. The van der Waals surface area contributed by atoms with Gasteiger partial charge in [0.15, 0.2) is 0 Å². The molecule has 4 aromatic rings. The van der Waals surface area contributed by atoms with E-state index in [1.54, 1.807) is 42.3 Å². The molecule has 1 saturated heterocycles. The molecule has 0 aromatic heterocycles. The van der Waals surface area contributed by atoms with Crippen LogP contribution in [0, 0.1) is 0 Å². The predicted molar refractivity (Wildman–Crippen MR) is 174 cm³/mol. The molecule has 260 valence electrons. The zero-order chi connectivity index (χ0) is 35.2. The van der Waals surface area contributed by atoms with Crippen molar-refractivity contribution >= 4 is 5.91 Å². The van der Waals surface area contributed by atoms with Crippen LogP contribution in [0.4, 0.5) is 26.3 Å². The van der Waals surface area contributed by atoms with Gasteiger partial charge in [0.2, 0.25) is 0 Å². The highest BCUT2D eigenvalue weighted by Crippen LogP contribution is 2.38. The summed E-state index contributed by atoms with van der Waals surface area (Å²) in [6.45, 7) is 0.809. The number of ether oxygens (including phenoxy) is 1. The van der Waals surface area contributed by atoms with E-state index in [9.17, 15) is 36.2 Å². The Morgan fingerprint density at radius 2 is 1.33 bits per heavy atom. The second-order valence-corrected chi connectivity index (χ2v) is 12.5. The van der Waals surface area contributed by atoms with Crippen LogP contribution >= 0.6 is 0 Å². The van der Waals surface area contributed by atoms with Crippen molar-refractivity contribution in [3.63, 3.8) is 0 Å². The van der Waals surface area contributed by atoms with E-state index in [4.69, 9.17) is 4.74 Å². The zero-order valence-electron chi connectivity index (χ0n) is 26.9. The number of aliphatic hydroxyl groups is 1. The number of piperidine rings is 1. The van der Waals surface area contributed by atoms with Crippen LogP contribution in [-0.2, 0) is 29.3 Å². The molecule has 5 nitrogen and oxygen atoms in total. The molecule has 0 aliphatic carbocycles. The Morgan fingerprint density at radius 3 is 1.86 bits per heavy atom. The minimum absolute atomic E-state index is 0.0967. The summed E-state index contributed by atoms with van der Waals surface area (Å²) in [5, 5.41) is 11.4. The summed E-state index contributed by atoms with van der Waals surface area (Å²) in [6, 6.07) is 28.6. The predicted octanol–water partition coefficient (Wildman–Crippen LogP) is 8.15. The number of hydrogen-bond acceptors (Lipinski definition) is 4. The van der Waals surface area contributed by atoms with Gasteiger partial charge in [0.05, 0.1) is 29.4 Å². The van der Waals surface area contributed by atoms with E-state index in [2.05, 4.69) is 4.90 Å². The summed E-state index contributed by atoms with van der Waals surface area (Å²) in [7, 11) is 1.64. The first-order valence-corrected chi connectivity index (χ1v) is 16.0. The first kappa shape index (κ1) is 36.1. The Labute approximate surface area is 281 Å². The largest absolute Gasteiger partial charge is 0.416 e. The van der Waals surface area contributed by atoms with Crippen LogP contribution in [0.25, 0.3) is 0 Å². The third kappa shape index (κ3) is 9.29. The van der Waals surface area contributed by atoms with Gasteiger partial charge < -0.3 is 19.6 Å². The number of amides is 1. The van der Waals surface area contributed by atoms with E-state index in [-0.39, 0.29) is 30.6 Å². The van der Waals surface area contributed by atoms with Gasteiger partial charge in [-0.3, -0.25) is 4.79 Å². The van der Waals surface area contributed by atoms with Crippen LogP contribution in [0.15, 0.2) is 109 Å². The SMILES string of the molecule is CN(CC(c1ccccc1)C(CN1CCC(O)(c2ccccc2)CC1)OCc1cc(C(F)(F)F)cc(C(F)(F)F)c1)C(=O)c1ccccc1. The molecule has 11 heteroatoms. The maximum absolute atomic E-state index is 13.7. The third-order valence-corrected chi connectivity index (χ3v) is 9.06. The van der Waals surface area contributed by atoms with Crippen LogP contribution in [-0.4, -0.2) is 60.1 Å². The molecular weight excluding hydrogens is 646 g/mol. The van der Waals surface area contributed by atoms with Crippen molar-refractivity contribution in [3.8, 4) is 0 Å². The molecule has 49 heavy (non-hydrogen) atoms. The Morgan fingerprint density at radius 1 is 0.816 bits per heavy atom. The average Bonchev–Trinajstić information content (AvgIpc) is 3.10. The lowest BCUT2D eigenvalue weighted by atomic mass is 9.84. The zero-order valence-corrected chi connectivity index (χ0v) is 26.9. The molecule has 0 bridgehead atoms. The number of benzene rings is 4. The first-order valence-electron chi connectivity index (χ1n) is 16.0. The van der Waals surface area contributed by atoms with Crippen molar-refractivity contribution in [1.29, 1.82) is 0 Å². The van der Waals surface area contributed by atoms with E-state index in [1.165, 1.54) is 0 Å². The fraction of sp³-hybridized carbons (Fsp3) is 0.342. The van der Waals surface area contributed by atoms with Crippen LogP contribution in [0.2, 0.25) is 0 Å². The van der Waals surface area contributed by atoms with Gasteiger partial charge in [-0.15, -0.1) is 0 Å². The van der Waals surface area contributed by atoms with Crippen LogP contribution in [0.3, 0.4) is 0 Å². The molecule has 1 heterocycles. The molecule has 2 atom stereocenters. The fourth-order valence-electron chi connectivity index (χ4n) is 6.32. The lowest BCUT2D eigenvalue weighted by molar-refractivity contribution is -0.143. The highest BCUT2D eigenvalue weighted by atomic mass is 19.4. The summed E-state index contributed by atoms with van der Waals surface area (Å²) >= 11 is 0. The van der Waals surface area contributed by atoms with Crippen molar-refractivity contribution < 1.29 is 41.0 Å². The Bertz CT molecular complexity index is 1630. The summed E-state index contributed by atoms with van der Waals surface area (Å²) in [4.78, 5) is 17.0. The van der Waals surface area contributed by atoms with E-state index < -0.39 is 47.7 Å². The van der Waals surface area contributed by atoms with Gasteiger partial charge in [-0.25, -0.2) is 0 Å². The maximum atomic E-state index is 13.7. The Kier molecular flexibility index (Phi) is 11.2. The summed E-state index contributed by atoms with van der Waals surface area (Å²) in [5.74, 6) is -0.763. The summed E-state index contributed by atoms with van der Waals surface area (Å²) < 4.78 is 88.3. The second kappa shape index (κ2) is 15.1. The highest BCUT2D eigenvalue weighted by molar-refractivity contribution is 5.94. The third-order valence-electron chi connectivity index (χ3n) is 9.06. The number of likely N-dealkylation sites (tertiary alicyclic amines) is 1. The van der Waals surface area contributed by atoms with E-state index in [0.717, 1.165) is 11.1 Å².